The summed E-state index contributed by atoms with van der Waals surface area (Å²) in [7, 11) is 0. The van der Waals surface area contributed by atoms with Gasteiger partial charge in [0.25, 0.3) is 0 Å². The molecule has 0 aliphatic carbocycles. The van der Waals surface area contributed by atoms with Crippen LogP contribution in [0.3, 0.4) is 0 Å². The van der Waals surface area contributed by atoms with Crippen LogP contribution in [0.4, 0.5) is 8.78 Å². The Morgan fingerprint density at radius 3 is 2.44 bits per heavy atom. The van der Waals surface area contributed by atoms with Gasteiger partial charge in [-0.15, -0.1) is 12.4 Å². The Kier molecular flexibility index (Phi) is 6.99. The summed E-state index contributed by atoms with van der Waals surface area (Å²) in [6, 6.07) is 11.0. The van der Waals surface area contributed by atoms with Crippen LogP contribution in [0, 0.1) is 11.6 Å². The average Bonchev–Trinajstić information content (AvgIpc) is 3.41. The van der Waals surface area contributed by atoms with E-state index in [2.05, 4.69) is 10.00 Å². The van der Waals surface area contributed by atoms with E-state index in [0.717, 1.165) is 86.4 Å². The van der Waals surface area contributed by atoms with E-state index in [1.807, 2.05) is 4.57 Å². The number of aromatic nitrogens is 3. The first-order chi connectivity index (χ1) is 17.1. The Balaban J connectivity index is 0.00000267. The molecular weight excluding hydrogens is 486 g/mol. The number of piperidine rings is 1. The number of nitrogens with zero attached hydrogens (tertiary/aromatic N) is 4. The van der Waals surface area contributed by atoms with Gasteiger partial charge in [-0.3, -0.25) is 4.57 Å². The van der Waals surface area contributed by atoms with Gasteiger partial charge in [0, 0.05) is 42.4 Å². The van der Waals surface area contributed by atoms with Gasteiger partial charge in [0.05, 0.1) is 6.54 Å². The fraction of sp³-hybridized carbons (Fsp3) is 0.407. The van der Waals surface area contributed by atoms with Gasteiger partial charge >= 0.3 is 5.69 Å². The van der Waals surface area contributed by atoms with Crippen LogP contribution in [0.1, 0.15) is 43.2 Å². The molecule has 4 heterocycles. The monoisotopic (exact) mass is 514 g/mol. The van der Waals surface area contributed by atoms with E-state index < -0.39 is 0 Å². The van der Waals surface area contributed by atoms with Crippen LogP contribution in [-0.2, 0) is 19.5 Å². The molecule has 9 heteroatoms. The van der Waals surface area contributed by atoms with E-state index in [9.17, 15) is 13.6 Å². The molecule has 0 amide bonds. The molecular formula is C27H29ClF2N4O2. The molecule has 2 aromatic carbocycles. The molecule has 0 bridgehead atoms. The highest BCUT2D eigenvalue weighted by Crippen LogP contribution is 2.42. The van der Waals surface area contributed by atoms with Crippen molar-refractivity contribution in [3.8, 4) is 11.1 Å². The maximum Gasteiger partial charge on any atom is 0.345 e. The molecule has 2 aliphatic heterocycles. The standard InChI is InChI=1S/C27H28F2N4O2.ClH/c28-20-6-4-18(5-7-20)25-22-9-8-21(29)17-23(22)35-26(25)19-10-13-31(14-11-19)15-16-33-27(34)32-12-2-1-3-24(32)30-33;/h4-9,17,19H,1-3,10-16H2;1H. The molecule has 6 nitrogen and oxygen atoms in total. The zero-order valence-electron chi connectivity index (χ0n) is 20.0. The number of aryl methyl sites for hydroxylation is 1. The third-order valence-electron chi connectivity index (χ3n) is 7.43. The molecule has 1 fully saturated rings. The topological polar surface area (TPSA) is 56.2 Å². The van der Waals surface area contributed by atoms with E-state index in [1.165, 1.54) is 24.3 Å². The average molecular weight is 515 g/mol. The molecule has 0 spiro atoms. The number of furan rings is 1. The van der Waals surface area contributed by atoms with E-state index >= 15 is 0 Å². The fourth-order valence-corrected chi connectivity index (χ4v) is 5.54. The van der Waals surface area contributed by atoms with Gasteiger partial charge in [0.15, 0.2) is 0 Å². The van der Waals surface area contributed by atoms with E-state index in [-0.39, 0.29) is 35.6 Å². The van der Waals surface area contributed by atoms with Gasteiger partial charge in [-0.1, -0.05) is 12.1 Å². The number of halogens is 3. The van der Waals surface area contributed by atoms with E-state index in [0.29, 0.717) is 12.1 Å². The first-order valence-corrected chi connectivity index (χ1v) is 12.4. The van der Waals surface area contributed by atoms with Crippen molar-refractivity contribution in [2.24, 2.45) is 0 Å². The quantitative estimate of drug-likeness (QED) is 0.359. The lowest BCUT2D eigenvalue weighted by molar-refractivity contribution is 0.194. The van der Waals surface area contributed by atoms with Crippen LogP contribution < -0.4 is 5.69 Å². The summed E-state index contributed by atoms with van der Waals surface area (Å²) in [6.07, 6.45) is 4.81. The minimum atomic E-state index is -0.338. The van der Waals surface area contributed by atoms with Crippen molar-refractivity contribution in [3.63, 3.8) is 0 Å². The summed E-state index contributed by atoms with van der Waals surface area (Å²) in [6.45, 7) is 3.90. The lowest BCUT2D eigenvalue weighted by Gasteiger charge is -2.31. The molecule has 0 atom stereocenters. The summed E-state index contributed by atoms with van der Waals surface area (Å²) in [4.78, 5) is 15.0. The molecule has 190 valence electrons. The summed E-state index contributed by atoms with van der Waals surface area (Å²) in [5, 5.41) is 5.39. The van der Waals surface area contributed by atoms with E-state index in [1.54, 1.807) is 22.9 Å². The lowest BCUT2D eigenvalue weighted by Crippen LogP contribution is -2.37. The summed E-state index contributed by atoms with van der Waals surface area (Å²) in [5.74, 6) is 1.31. The second-order valence-corrected chi connectivity index (χ2v) is 9.64. The Morgan fingerprint density at radius 1 is 0.944 bits per heavy atom. The zero-order valence-corrected chi connectivity index (χ0v) is 20.8. The lowest BCUT2D eigenvalue weighted by atomic mass is 9.89. The first kappa shape index (κ1) is 24.7. The second kappa shape index (κ2) is 10.2. The van der Waals surface area contributed by atoms with Gasteiger partial charge in [-0.05, 0) is 68.6 Å². The van der Waals surface area contributed by atoms with Crippen LogP contribution in [0.5, 0.6) is 0 Å². The molecule has 0 unspecified atom stereocenters. The maximum atomic E-state index is 13.9. The van der Waals surface area contributed by atoms with Gasteiger partial charge in [0.2, 0.25) is 0 Å². The SMILES string of the molecule is Cl.O=c1n(CCN2CCC(c3oc4cc(F)ccc4c3-c3ccc(F)cc3)CC2)nc2n1CCCC2. The number of rotatable bonds is 5. The molecule has 0 N–H and O–H groups in total. The van der Waals surface area contributed by atoms with Crippen molar-refractivity contribution >= 4 is 23.4 Å². The van der Waals surface area contributed by atoms with Crippen LogP contribution in [0.25, 0.3) is 22.1 Å². The first-order valence-electron chi connectivity index (χ1n) is 12.4. The molecule has 4 aromatic rings. The molecule has 1 saturated heterocycles. The van der Waals surface area contributed by atoms with Crippen LogP contribution in [-0.4, -0.2) is 38.9 Å². The third-order valence-corrected chi connectivity index (χ3v) is 7.43. The summed E-state index contributed by atoms with van der Waals surface area (Å²) < 4.78 is 37.1. The highest BCUT2D eigenvalue weighted by molar-refractivity contribution is 5.96. The molecule has 2 aromatic heterocycles. The van der Waals surface area contributed by atoms with Crippen molar-refractivity contribution in [1.82, 2.24) is 19.2 Å². The Bertz CT molecular complexity index is 1420. The Hall–Kier alpha value is -2.97. The zero-order chi connectivity index (χ0) is 23.9. The number of hydrogen-bond acceptors (Lipinski definition) is 4. The summed E-state index contributed by atoms with van der Waals surface area (Å²) in [5.41, 5.74) is 2.32. The van der Waals surface area contributed by atoms with Crippen molar-refractivity contribution < 1.29 is 13.2 Å². The van der Waals surface area contributed by atoms with Crippen LogP contribution in [0.15, 0.2) is 51.7 Å². The number of benzene rings is 2. The van der Waals surface area contributed by atoms with Gasteiger partial charge < -0.3 is 9.32 Å². The number of hydrogen-bond donors (Lipinski definition) is 0. The molecule has 36 heavy (non-hydrogen) atoms. The third kappa shape index (κ3) is 4.60. The van der Waals surface area contributed by atoms with Crippen molar-refractivity contribution in [2.45, 2.75) is 51.1 Å². The maximum absolute atomic E-state index is 13.9. The molecule has 0 saturated carbocycles. The fourth-order valence-electron chi connectivity index (χ4n) is 5.54. The van der Waals surface area contributed by atoms with Crippen molar-refractivity contribution in [1.29, 1.82) is 0 Å². The van der Waals surface area contributed by atoms with Crippen LogP contribution in [0.2, 0.25) is 0 Å². The highest BCUT2D eigenvalue weighted by atomic mass is 35.5. The van der Waals surface area contributed by atoms with E-state index in [4.69, 9.17) is 4.42 Å². The second-order valence-electron chi connectivity index (χ2n) is 9.64. The normalized spacial score (nSPS) is 16.7. The smallest absolute Gasteiger partial charge is 0.345 e. The van der Waals surface area contributed by atoms with Gasteiger partial charge in [0.1, 0.15) is 28.8 Å². The number of likely N-dealkylation sites (tertiary alicyclic amines) is 1. The van der Waals surface area contributed by atoms with Crippen LogP contribution >= 0.6 is 12.4 Å². The van der Waals surface area contributed by atoms with Crippen molar-refractivity contribution in [2.75, 3.05) is 19.6 Å². The number of fused-ring (bicyclic) bond motifs is 2. The largest absolute Gasteiger partial charge is 0.460 e. The van der Waals surface area contributed by atoms with Crippen molar-refractivity contribution in [3.05, 3.63) is 76.2 Å². The summed E-state index contributed by atoms with van der Waals surface area (Å²) >= 11 is 0. The molecule has 2 aliphatic rings. The van der Waals surface area contributed by atoms with Gasteiger partial charge in [-0.25, -0.2) is 18.3 Å². The Labute approximate surface area is 213 Å². The minimum Gasteiger partial charge on any atom is -0.460 e. The van der Waals surface area contributed by atoms with Gasteiger partial charge in [-0.2, -0.15) is 5.10 Å². The minimum absolute atomic E-state index is 0. The molecule has 6 rings (SSSR count). The Morgan fingerprint density at radius 2 is 1.69 bits per heavy atom. The predicted molar refractivity (Wildman–Crippen MR) is 137 cm³/mol. The predicted octanol–water partition coefficient (Wildman–Crippen LogP) is 5.37. The molecule has 0 radical (unpaired) electrons. The highest BCUT2D eigenvalue weighted by Gasteiger charge is 2.28.